The van der Waals surface area contributed by atoms with Crippen LogP contribution in [0.15, 0.2) is 30.3 Å². The number of rotatable bonds is 10. The van der Waals surface area contributed by atoms with Crippen LogP contribution in [-0.4, -0.2) is 35.0 Å². The smallest absolute Gasteiger partial charge is 0.312 e. The van der Waals surface area contributed by atoms with E-state index in [0.29, 0.717) is 12.0 Å². The number of amides is 1. The van der Waals surface area contributed by atoms with Crippen LogP contribution in [0.5, 0.6) is 0 Å². The lowest BCUT2D eigenvalue weighted by atomic mass is 9.99. The van der Waals surface area contributed by atoms with Gasteiger partial charge in [0, 0.05) is 18.7 Å². The van der Waals surface area contributed by atoms with Crippen LogP contribution in [-0.2, 0) is 9.59 Å². The van der Waals surface area contributed by atoms with E-state index in [1.807, 2.05) is 6.07 Å². The summed E-state index contributed by atoms with van der Waals surface area (Å²) in [6.07, 6.45) is 2.77. The topological polar surface area (TPSA) is 66.4 Å². The second-order valence-electron chi connectivity index (χ2n) is 4.82. The number of unbranched alkanes of at least 4 members (excludes halogenated alkanes) is 1. The molecule has 5 heteroatoms. The Morgan fingerprint density at radius 1 is 1.24 bits per heavy atom. The highest BCUT2D eigenvalue weighted by atomic mass is 32.2. The van der Waals surface area contributed by atoms with E-state index in [-0.39, 0.29) is 12.5 Å². The summed E-state index contributed by atoms with van der Waals surface area (Å²) in [5.74, 6) is 0.170. The molecule has 0 aromatic heterocycles. The van der Waals surface area contributed by atoms with Gasteiger partial charge in [-0.15, -0.1) is 0 Å². The first-order valence-electron chi connectivity index (χ1n) is 7.27. The molecule has 0 fully saturated rings. The molecule has 1 atom stereocenters. The third-order valence-electron chi connectivity index (χ3n) is 3.12. The van der Waals surface area contributed by atoms with E-state index in [4.69, 9.17) is 0 Å². The molecule has 116 valence electrons. The van der Waals surface area contributed by atoms with Crippen LogP contribution < -0.4 is 5.32 Å². The summed E-state index contributed by atoms with van der Waals surface area (Å²) in [6.45, 7) is 2.28. The van der Waals surface area contributed by atoms with Crippen LogP contribution >= 0.6 is 11.8 Å². The fourth-order valence-corrected chi connectivity index (χ4v) is 2.88. The van der Waals surface area contributed by atoms with Gasteiger partial charge in [0.15, 0.2) is 0 Å². The molecule has 1 rings (SSSR count). The number of aliphatic carboxylic acids is 1. The second kappa shape index (κ2) is 10.3. The van der Waals surface area contributed by atoms with Gasteiger partial charge >= 0.3 is 5.97 Å². The van der Waals surface area contributed by atoms with Crippen LogP contribution in [0, 0.1) is 0 Å². The van der Waals surface area contributed by atoms with Gasteiger partial charge in [0.05, 0.1) is 5.92 Å². The first-order chi connectivity index (χ1) is 10.1. The summed E-state index contributed by atoms with van der Waals surface area (Å²) in [6, 6.07) is 8.99. The Hall–Kier alpha value is -1.49. The van der Waals surface area contributed by atoms with Crippen molar-refractivity contribution in [3.8, 4) is 0 Å². The maximum atomic E-state index is 11.7. The van der Waals surface area contributed by atoms with Gasteiger partial charge in [-0.05, 0) is 17.7 Å². The molecule has 0 aliphatic carbocycles. The minimum Gasteiger partial charge on any atom is -0.481 e. The summed E-state index contributed by atoms with van der Waals surface area (Å²) in [5.41, 5.74) is 0.711. The molecule has 1 aromatic carbocycles. The molecular formula is C16H23NO3S. The zero-order valence-corrected chi connectivity index (χ0v) is 13.2. The zero-order chi connectivity index (χ0) is 15.5. The van der Waals surface area contributed by atoms with Gasteiger partial charge in [0.1, 0.15) is 0 Å². The molecule has 0 radical (unpaired) electrons. The number of carboxylic acids is 1. The summed E-state index contributed by atoms with van der Waals surface area (Å²) in [4.78, 5) is 23.0. The van der Waals surface area contributed by atoms with Crippen molar-refractivity contribution in [3.63, 3.8) is 0 Å². The Kier molecular flexibility index (Phi) is 8.59. The van der Waals surface area contributed by atoms with Crippen molar-refractivity contribution in [2.75, 3.05) is 18.1 Å². The summed E-state index contributed by atoms with van der Waals surface area (Å²) < 4.78 is 0. The molecule has 0 spiro atoms. The monoisotopic (exact) mass is 309 g/mol. The number of nitrogens with one attached hydrogen (secondary N) is 1. The molecule has 2 N–H and O–H groups in total. The summed E-state index contributed by atoms with van der Waals surface area (Å²) in [7, 11) is 0. The Labute approximate surface area is 130 Å². The summed E-state index contributed by atoms with van der Waals surface area (Å²) in [5, 5.41) is 12.0. The Morgan fingerprint density at radius 2 is 1.95 bits per heavy atom. The molecule has 0 aliphatic heterocycles. The molecule has 1 unspecified atom stereocenters. The van der Waals surface area contributed by atoms with Crippen molar-refractivity contribution >= 4 is 23.6 Å². The third-order valence-corrected chi connectivity index (χ3v) is 4.19. The van der Waals surface area contributed by atoms with Crippen molar-refractivity contribution in [2.24, 2.45) is 0 Å². The van der Waals surface area contributed by atoms with Crippen LogP contribution in [0.3, 0.4) is 0 Å². The maximum Gasteiger partial charge on any atom is 0.312 e. The van der Waals surface area contributed by atoms with E-state index in [0.717, 1.165) is 17.9 Å². The predicted octanol–water partition coefficient (Wildman–Crippen LogP) is 2.89. The molecule has 0 saturated carbocycles. The average Bonchev–Trinajstić information content (AvgIpc) is 2.48. The van der Waals surface area contributed by atoms with Crippen molar-refractivity contribution in [1.82, 2.24) is 5.32 Å². The lowest BCUT2D eigenvalue weighted by molar-refractivity contribution is -0.138. The molecule has 0 bridgehead atoms. The van der Waals surface area contributed by atoms with Crippen molar-refractivity contribution in [3.05, 3.63) is 35.9 Å². The number of thioether (sulfide) groups is 1. The van der Waals surface area contributed by atoms with Gasteiger partial charge in [-0.1, -0.05) is 43.7 Å². The van der Waals surface area contributed by atoms with E-state index in [2.05, 4.69) is 12.2 Å². The van der Waals surface area contributed by atoms with Gasteiger partial charge < -0.3 is 10.4 Å². The standard InChI is InChI=1S/C16H23NO3S/c1-2-3-10-21-11-9-15(18)17-12-14(16(19)20)13-7-5-4-6-8-13/h4-8,14H,2-3,9-12H2,1H3,(H,17,18)(H,19,20). The van der Waals surface area contributed by atoms with Gasteiger partial charge in [0.2, 0.25) is 5.91 Å². The van der Waals surface area contributed by atoms with Gasteiger partial charge in [-0.2, -0.15) is 11.8 Å². The quantitative estimate of drug-likeness (QED) is 0.652. The highest BCUT2D eigenvalue weighted by Crippen LogP contribution is 2.15. The molecule has 21 heavy (non-hydrogen) atoms. The van der Waals surface area contributed by atoms with Crippen molar-refractivity contribution in [1.29, 1.82) is 0 Å². The van der Waals surface area contributed by atoms with Crippen LogP contribution in [0.25, 0.3) is 0 Å². The van der Waals surface area contributed by atoms with Crippen LogP contribution in [0.1, 0.15) is 37.7 Å². The highest BCUT2D eigenvalue weighted by Gasteiger charge is 2.20. The van der Waals surface area contributed by atoms with Gasteiger partial charge in [-0.3, -0.25) is 9.59 Å². The fourth-order valence-electron chi connectivity index (χ4n) is 1.85. The lowest BCUT2D eigenvalue weighted by Gasteiger charge is -2.13. The average molecular weight is 309 g/mol. The Balaban J connectivity index is 2.34. The molecule has 1 amide bonds. The van der Waals surface area contributed by atoms with Crippen LogP contribution in [0.2, 0.25) is 0 Å². The molecular weight excluding hydrogens is 286 g/mol. The SMILES string of the molecule is CCCCSCCC(=O)NCC(C(=O)O)c1ccccc1. The lowest BCUT2D eigenvalue weighted by Crippen LogP contribution is -2.31. The predicted molar refractivity (Wildman–Crippen MR) is 86.7 cm³/mol. The Morgan fingerprint density at radius 3 is 2.57 bits per heavy atom. The largest absolute Gasteiger partial charge is 0.481 e. The number of carbonyl (C=O) groups is 2. The first-order valence-corrected chi connectivity index (χ1v) is 8.42. The van der Waals surface area contributed by atoms with Gasteiger partial charge in [-0.25, -0.2) is 0 Å². The van der Waals surface area contributed by atoms with E-state index in [1.165, 1.54) is 6.42 Å². The van der Waals surface area contributed by atoms with E-state index < -0.39 is 11.9 Å². The number of carboxylic acid groups (broad SMARTS) is 1. The maximum absolute atomic E-state index is 11.7. The van der Waals surface area contributed by atoms with Gasteiger partial charge in [0.25, 0.3) is 0 Å². The first kappa shape index (κ1) is 17.6. The summed E-state index contributed by atoms with van der Waals surface area (Å²) >= 11 is 1.77. The molecule has 1 aromatic rings. The normalized spacial score (nSPS) is 11.9. The van der Waals surface area contributed by atoms with E-state index in [1.54, 1.807) is 36.0 Å². The third kappa shape index (κ3) is 7.18. The molecule has 4 nitrogen and oxygen atoms in total. The van der Waals surface area contributed by atoms with Crippen molar-refractivity contribution in [2.45, 2.75) is 32.1 Å². The number of carbonyl (C=O) groups excluding carboxylic acids is 1. The zero-order valence-electron chi connectivity index (χ0n) is 12.4. The Bertz CT molecular complexity index is 436. The molecule has 0 heterocycles. The number of hydrogen-bond acceptors (Lipinski definition) is 3. The van der Waals surface area contributed by atoms with Crippen LogP contribution in [0.4, 0.5) is 0 Å². The van der Waals surface area contributed by atoms with E-state index >= 15 is 0 Å². The number of benzene rings is 1. The molecule has 0 saturated heterocycles. The van der Waals surface area contributed by atoms with Crippen molar-refractivity contribution < 1.29 is 14.7 Å². The minimum atomic E-state index is -0.918. The fraction of sp³-hybridized carbons (Fsp3) is 0.500. The molecule has 0 aliphatic rings. The minimum absolute atomic E-state index is 0.0822. The second-order valence-corrected chi connectivity index (χ2v) is 6.05. The number of hydrogen-bond donors (Lipinski definition) is 2. The van der Waals surface area contributed by atoms with E-state index in [9.17, 15) is 14.7 Å². The highest BCUT2D eigenvalue weighted by molar-refractivity contribution is 7.99.